The number of aliphatic hydroxyl groups is 1. The van der Waals surface area contributed by atoms with E-state index in [2.05, 4.69) is 34.4 Å². The maximum absolute atomic E-state index is 14.5. The van der Waals surface area contributed by atoms with Gasteiger partial charge in [0, 0.05) is 35.0 Å². The van der Waals surface area contributed by atoms with Gasteiger partial charge in [0.05, 0.1) is 30.6 Å². The van der Waals surface area contributed by atoms with Gasteiger partial charge in [0.1, 0.15) is 17.7 Å². The molecule has 0 aromatic heterocycles. The summed E-state index contributed by atoms with van der Waals surface area (Å²) in [5, 5.41) is 13.4. The Hall–Kier alpha value is -3.51. The summed E-state index contributed by atoms with van der Waals surface area (Å²) in [6.07, 6.45) is 2.65. The molecule has 2 bridgehead atoms. The molecule has 5 rings (SSSR count). The van der Waals surface area contributed by atoms with Crippen LogP contribution in [0.3, 0.4) is 0 Å². The van der Waals surface area contributed by atoms with E-state index in [9.17, 15) is 24.3 Å². The van der Waals surface area contributed by atoms with Crippen LogP contribution < -0.4 is 10.2 Å². The molecule has 10 nitrogen and oxygen atoms in total. The van der Waals surface area contributed by atoms with E-state index in [1.54, 1.807) is 55.5 Å². The molecule has 3 amide bonds. The normalized spacial score (nSPS) is 27.1. The van der Waals surface area contributed by atoms with Gasteiger partial charge in [0.2, 0.25) is 11.8 Å². The number of carbonyl (C=O) groups is 4. The zero-order valence-corrected chi connectivity index (χ0v) is 28.4. The lowest BCUT2D eigenvalue weighted by Gasteiger charge is -2.37. The molecule has 0 saturated carbocycles. The first-order chi connectivity index (χ1) is 22.6. The molecule has 12 heteroatoms. The predicted molar refractivity (Wildman–Crippen MR) is 181 cm³/mol. The Morgan fingerprint density at radius 1 is 1.19 bits per heavy atom. The fraction of sp³-hybridized carbons (Fsp3) is 0.429. The Morgan fingerprint density at radius 2 is 1.89 bits per heavy atom. The van der Waals surface area contributed by atoms with Crippen molar-refractivity contribution in [2.75, 3.05) is 24.6 Å². The molecule has 47 heavy (non-hydrogen) atoms. The number of esters is 1. The quantitative estimate of drug-likeness (QED) is 0.168. The third-order valence-electron chi connectivity index (χ3n) is 9.14. The van der Waals surface area contributed by atoms with E-state index in [0.29, 0.717) is 22.7 Å². The standard InChI is InChI=1S/C35H39BrClN3O7/c1-4-6-12-26(42)38-21(3)29(22-10-8-7-9-11-22)46-34(45)27-28-32(43)40(18-19-41)31(35(28)20-25(36)30(27)47-35)33(44)39(17-5-2)24-15-13-23(37)14-16-24/h4-5,7-11,13-16,21,25,27-31,41H,1-2,6,12,17-20H2,3H3,(H,38,42)/t21-,25?,27+,28-,29-,30+,31+,35-/m1/s1. The van der Waals surface area contributed by atoms with E-state index in [4.69, 9.17) is 21.1 Å². The number of aliphatic hydroxyl groups excluding tert-OH is 1. The van der Waals surface area contributed by atoms with E-state index in [1.165, 1.54) is 9.80 Å². The second kappa shape index (κ2) is 14.7. The molecule has 0 radical (unpaired) electrons. The molecular formula is C35H39BrClN3O7. The number of carbonyl (C=O) groups excluding carboxylic acids is 4. The number of ether oxygens (including phenoxy) is 2. The van der Waals surface area contributed by atoms with Gasteiger partial charge < -0.3 is 29.7 Å². The van der Waals surface area contributed by atoms with E-state index < -0.39 is 66.1 Å². The van der Waals surface area contributed by atoms with Crippen molar-refractivity contribution in [3.63, 3.8) is 0 Å². The van der Waals surface area contributed by atoms with Crippen LogP contribution >= 0.6 is 27.5 Å². The topological polar surface area (TPSA) is 125 Å². The summed E-state index contributed by atoms with van der Waals surface area (Å²) in [5.41, 5.74) is -0.142. The summed E-state index contributed by atoms with van der Waals surface area (Å²) in [6.45, 7) is 8.85. The third kappa shape index (κ3) is 6.63. The van der Waals surface area contributed by atoms with Gasteiger partial charge in [-0.2, -0.15) is 0 Å². The number of amides is 3. The maximum atomic E-state index is 14.5. The number of halogens is 2. The van der Waals surface area contributed by atoms with E-state index in [0.717, 1.165) is 0 Å². The summed E-state index contributed by atoms with van der Waals surface area (Å²) in [4.78, 5) is 58.1. The molecule has 250 valence electrons. The van der Waals surface area contributed by atoms with Crippen LogP contribution in [-0.4, -0.2) is 82.0 Å². The van der Waals surface area contributed by atoms with Crippen LogP contribution in [0.2, 0.25) is 5.02 Å². The van der Waals surface area contributed by atoms with Gasteiger partial charge in [-0.15, -0.1) is 13.2 Å². The lowest BCUT2D eigenvalue weighted by molar-refractivity contribution is -0.162. The lowest BCUT2D eigenvalue weighted by Crippen LogP contribution is -2.57. The number of hydrogen-bond donors (Lipinski definition) is 2. The smallest absolute Gasteiger partial charge is 0.313 e. The van der Waals surface area contributed by atoms with Crippen LogP contribution in [0.1, 0.15) is 37.9 Å². The van der Waals surface area contributed by atoms with Crippen molar-refractivity contribution in [3.05, 3.63) is 90.5 Å². The first kappa shape index (κ1) is 34.8. The monoisotopic (exact) mass is 727 g/mol. The molecule has 1 unspecified atom stereocenters. The van der Waals surface area contributed by atoms with Crippen LogP contribution in [-0.2, 0) is 28.7 Å². The number of hydrogen-bond acceptors (Lipinski definition) is 7. The van der Waals surface area contributed by atoms with Crippen LogP contribution in [0.25, 0.3) is 0 Å². The molecular weight excluding hydrogens is 690 g/mol. The second-order valence-electron chi connectivity index (χ2n) is 12.1. The lowest BCUT2D eigenvalue weighted by atomic mass is 9.70. The number of benzene rings is 2. The molecule has 8 atom stereocenters. The Morgan fingerprint density at radius 3 is 2.53 bits per heavy atom. The van der Waals surface area contributed by atoms with E-state index in [-0.39, 0.29) is 36.7 Å². The molecule has 3 heterocycles. The molecule has 2 aromatic carbocycles. The highest BCUT2D eigenvalue weighted by molar-refractivity contribution is 9.09. The number of fused-ring (bicyclic) bond motifs is 1. The van der Waals surface area contributed by atoms with Crippen LogP contribution in [0.4, 0.5) is 5.69 Å². The molecule has 0 aliphatic carbocycles. The van der Waals surface area contributed by atoms with Gasteiger partial charge >= 0.3 is 5.97 Å². The number of alkyl halides is 1. The first-order valence-corrected chi connectivity index (χ1v) is 16.9. The molecule has 2 aromatic rings. The molecule has 3 fully saturated rings. The summed E-state index contributed by atoms with van der Waals surface area (Å²) in [6, 6.07) is 14.1. The molecule has 2 N–H and O–H groups in total. The number of allylic oxidation sites excluding steroid dienone is 1. The zero-order valence-electron chi connectivity index (χ0n) is 26.1. The fourth-order valence-electron chi connectivity index (χ4n) is 7.19. The Balaban J connectivity index is 1.48. The highest BCUT2D eigenvalue weighted by Crippen LogP contribution is 2.60. The summed E-state index contributed by atoms with van der Waals surface area (Å²) in [7, 11) is 0. The minimum atomic E-state index is -1.36. The van der Waals surface area contributed by atoms with Crippen LogP contribution in [0, 0.1) is 11.8 Å². The Bertz CT molecular complexity index is 1510. The average Bonchev–Trinajstić information content (AvgIpc) is 3.65. The predicted octanol–water partition coefficient (Wildman–Crippen LogP) is 4.35. The minimum Gasteiger partial charge on any atom is -0.455 e. The number of β-amino-alcohol motifs (C(OH)–C–C–N with tert-alkyl or cyclic N) is 1. The zero-order chi connectivity index (χ0) is 33.9. The second-order valence-corrected chi connectivity index (χ2v) is 13.7. The van der Waals surface area contributed by atoms with Gasteiger partial charge in [0.25, 0.3) is 5.91 Å². The van der Waals surface area contributed by atoms with Crippen LogP contribution in [0.5, 0.6) is 0 Å². The van der Waals surface area contributed by atoms with Gasteiger partial charge in [-0.1, -0.05) is 70.0 Å². The number of anilines is 1. The number of nitrogens with zero attached hydrogens (tertiary/aromatic N) is 2. The molecule has 3 saturated heterocycles. The Labute approximate surface area is 287 Å². The largest absolute Gasteiger partial charge is 0.455 e. The SMILES string of the molecule is C=CCCC(=O)N[C@H](C)[C@@H](OC(=O)[C@@H]1[C@H]2O[C@@]3(CC2Br)[C@H](C(=O)N(CC=C)c2ccc(Cl)cc2)N(CCO)C(=O)[C@@H]13)c1ccccc1. The van der Waals surface area contributed by atoms with Crippen molar-refractivity contribution < 1.29 is 33.8 Å². The number of nitrogens with one attached hydrogen (secondary N) is 1. The average molecular weight is 729 g/mol. The van der Waals surface area contributed by atoms with E-state index in [1.807, 2.05) is 18.2 Å². The third-order valence-corrected chi connectivity index (χ3v) is 10.2. The summed E-state index contributed by atoms with van der Waals surface area (Å²) in [5.74, 6) is -3.84. The van der Waals surface area contributed by atoms with Crippen LogP contribution in [0.15, 0.2) is 79.9 Å². The number of likely N-dealkylation sites (tertiary alicyclic amines) is 1. The highest BCUT2D eigenvalue weighted by Gasteiger charge is 2.77. The van der Waals surface area contributed by atoms with Gasteiger partial charge in [-0.05, 0) is 49.6 Å². The number of rotatable bonds is 14. The summed E-state index contributed by atoms with van der Waals surface area (Å²) >= 11 is 9.79. The summed E-state index contributed by atoms with van der Waals surface area (Å²) < 4.78 is 12.8. The minimum absolute atomic E-state index is 0.126. The van der Waals surface area contributed by atoms with Crippen molar-refractivity contribution >= 4 is 56.9 Å². The molecule has 1 spiro atoms. The van der Waals surface area contributed by atoms with Crippen molar-refractivity contribution in [2.24, 2.45) is 11.8 Å². The van der Waals surface area contributed by atoms with Gasteiger partial charge in [0.15, 0.2) is 0 Å². The van der Waals surface area contributed by atoms with E-state index >= 15 is 0 Å². The molecule has 3 aliphatic heterocycles. The van der Waals surface area contributed by atoms with Crippen molar-refractivity contribution in [1.82, 2.24) is 10.2 Å². The maximum Gasteiger partial charge on any atom is 0.313 e. The first-order valence-electron chi connectivity index (χ1n) is 15.6. The van der Waals surface area contributed by atoms with Crippen molar-refractivity contribution in [1.29, 1.82) is 0 Å². The molecule has 3 aliphatic rings. The fourth-order valence-corrected chi connectivity index (χ4v) is 8.26. The van der Waals surface area contributed by atoms with Gasteiger partial charge in [-0.3, -0.25) is 19.2 Å². The van der Waals surface area contributed by atoms with Gasteiger partial charge in [-0.25, -0.2) is 0 Å². The highest BCUT2D eigenvalue weighted by atomic mass is 79.9. The van der Waals surface area contributed by atoms with Crippen molar-refractivity contribution in [2.45, 2.75) is 60.9 Å². The Kier molecular flexibility index (Phi) is 10.9. The van der Waals surface area contributed by atoms with Crippen molar-refractivity contribution in [3.8, 4) is 0 Å².